The number of halogens is 2. The lowest BCUT2D eigenvalue weighted by Gasteiger charge is -2.26. The molecule has 2 aromatic rings. The van der Waals surface area contributed by atoms with Crippen LogP contribution in [0.1, 0.15) is 65.5 Å². The van der Waals surface area contributed by atoms with Gasteiger partial charge in [-0.3, -0.25) is 4.79 Å². The van der Waals surface area contributed by atoms with Crippen LogP contribution in [0.15, 0.2) is 42.5 Å². The van der Waals surface area contributed by atoms with Crippen molar-refractivity contribution in [1.82, 2.24) is 4.90 Å². The minimum atomic E-state index is -3.67. The van der Waals surface area contributed by atoms with Gasteiger partial charge in [-0.25, -0.2) is 4.79 Å². The summed E-state index contributed by atoms with van der Waals surface area (Å²) in [6, 6.07) is 11.8. The van der Waals surface area contributed by atoms with E-state index in [9.17, 15) is 18.4 Å². The molecule has 0 saturated heterocycles. The van der Waals surface area contributed by atoms with Crippen molar-refractivity contribution in [3.63, 3.8) is 0 Å². The molecule has 0 bridgehead atoms. The summed E-state index contributed by atoms with van der Waals surface area (Å²) < 4.78 is 52.5. The summed E-state index contributed by atoms with van der Waals surface area (Å²) in [7, 11) is 1.67. The van der Waals surface area contributed by atoms with Crippen molar-refractivity contribution in [3.8, 4) is 17.2 Å². The van der Waals surface area contributed by atoms with Crippen molar-refractivity contribution in [2.24, 2.45) is 5.92 Å². The zero-order valence-electron chi connectivity index (χ0n) is 24.2. The molecule has 0 saturated carbocycles. The fourth-order valence-electron chi connectivity index (χ4n) is 3.99. The van der Waals surface area contributed by atoms with Gasteiger partial charge in [0.05, 0.1) is 5.92 Å². The van der Waals surface area contributed by atoms with E-state index < -0.39 is 29.5 Å². The summed E-state index contributed by atoms with van der Waals surface area (Å²) in [5.74, 6) is -0.250. The molecule has 1 unspecified atom stereocenters. The molecule has 0 spiro atoms. The molecule has 1 amide bonds. The normalized spacial score (nSPS) is 14.8. The van der Waals surface area contributed by atoms with Crippen molar-refractivity contribution in [2.75, 3.05) is 13.6 Å². The summed E-state index contributed by atoms with van der Waals surface area (Å²) in [5, 5.41) is 0. The highest BCUT2D eigenvalue weighted by Crippen LogP contribution is 2.41. The number of hydrogen-bond donors (Lipinski definition) is 0. The van der Waals surface area contributed by atoms with Gasteiger partial charge in [0.25, 0.3) is 0 Å². The zero-order valence-corrected chi connectivity index (χ0v) is 24.2. The first-order valence-electron chi connectivity index (χ1n) is 13.3. The lowest BCUT2D eigenvalue weighted by atomic mass is 9.94. The Bertz CT molecular complexity index is 1190. The molecule has 1 aliphatic rings. The van der Waals surface area contributed by atoms with E-state index >= 15 is 0 Å². The van der Waals surface area contributed by atoms with Crippen LogP contribution in [0.2, 0.25) is 0 Å². The second-order valence-electron chi connectivity index (χ2n) is 11.9. The smallest absolute Gasteiger partial charge is 0.489 e. The molecule has 2 aromatic carbocycles. The first-order valence-corrected chi connectivity index (χ1v) is 13.3. The highest BCUT2D eigenvalue weighted by molar-refractivity contribution is 5.73. The number of rotatable bonds is 10. The lowest BCUT2D eigenvalue weighted by Crippen LogP contribution is -2.35. The SMILES string of the molecule is CN(CCCC(Cc1cccc(OCc2ccc3c(c2)OC(F)(F)O3)c1)C(=O)OC(C)(C)C)C(=O)OC(C)(C)C. The van der Waals surface area contributed by atoms with E-state index in [4.69, 9.17) is 14.2 Å². The van der Waals surface area contributed by atoms with Crippen LogP contribution in [0, 0.1) is 5.92 Å². The second kappa shape index (κ2) is 12.3. The summed E-state index contributed by atoms with van der Waals surface area (Å²) in [6.45, 7) is 11.5. The van der Waals surface area contributed by atoms with Gasteiger partial charge in [-0.2, -0.15) is 0 Å². The molecule has 1 aliphatic heterocycles. The minimum absolute atomic E-state index is 0.0266. The maximum atomic E-state index is 13.3. The summed E-state index contributed by atoms with van der Waals surface area (Å²) >= 11 is 0. The second-order valence-corrected chi connectivity index (χ2v) is 11.9. The van der Waals surface area contributed by atoms with Crippen LogP contribution < -0.4 is 14.2 Å². The quantitative estimate of drug-likeness (QED) is 0.296. The van der Waals surface area contributed by atoms with Gasteiger partial charge in [0.1, 0.15) is 23.6 Å². The number of ether oxygens (including phenoxy) is 5. The monoisotopic (exact) mass is 563 g/mol. The fourth-order valence-corrected chi connectivity index (χ4v) is 3.99. The first-order chi connectivity index (χ1) is 18.5. The average Bonchev–Trinajstić information content (AvgIpc) is 3.13. The molecule has 1 atom stereocenters. The molecule has 0 N–H and O–H groups in total. The van der Waals surface area contributed by atoms with Crippen LogP contribution in [0.4, 0.5) is 13.6 Å². The largest absolute Gasteiger partial charge is 0.586 e. The highest BCUT2D eigenvalue weighted by Gasteiger charge is 2.43. The molecule has 0 fully saturated rings. The predicted molar refractivity (Wildman–Crippen MR) is 145 cm³/mol. The van der Waals surface area contributed by atoms with Crippen molar-refractivity contribution >= 4 is 12.1 Å². The number of hydrogen-bond acceptors (Lipinski definition) is 7. The number of alkyl halides is 2. The number of esters is 1. The molecule has 0 radical (unpaired) electrons. The Kier molecular flexibility index (Phi) is 9.53. The highest BCUT2D eigenvalue weighted by atomic mass is 19.3. The van der Waals surface area contributed by atoms with E-state index in [1.807, 2.05) is 59.7 Å². The molecule has 40 heavy (non-hydrogen) atoms. The Morgan fingerprint density at radius 3 is 2.27 bits per heavy atom. The van der Waals surface area contributed by atoms with Crippen molar-refractivity contribution in [3.05, 3.63) is 53.6 Å². The van der Waals surface area contributed by atoms with Gasteiger partial charge in [0.2, 0.25) is 0 Å². The number of carbonyl (C=O) groups excluding carboxylic acids is 2. The van der Waals surface area contributed by atoms with Gasteiger partial charge in [-0.05, 0) is 96.2 Å². The molecule has 1 heterocycles. The van der Waals surface area contributed by atoms with E-state index in [1.165, 1.54) is 17.0 Å². The molecular formula is C30H39F2NO7. The molecule has 220 valence electrons. The van der Waals surface area contributed by atoms with Crippen molar-refractivity contribution < 1.29 is 42.1 Å². The number of amides is 1. The van der Waals surface area contributed by atoms with Crippen LogP contribution >= 0.6 is 0 Å². The van der Waals surface area contributed by atoms with Crippen LogP contribution in [-0.4, -0.2) is 48.1 Å². The topological polar surface area (TPSA) is 83.5 Å². The molecule has 8 nitrogen and oxygen atoms in total. The Morgan fingerprint density at radius 1 is 0.925 bits per heavy atom. The number of carbonyl (C=O) groups is 2. The van der Waals surface area contributed by atoms with Crippen LogP contribution in [0.25, 0.3) is 0 Å². The standard InChI is InChI=1S/C30H39F2NO7/c1-28(2,3)39-26(34)22(11-9-15-33(7)27(35)40-29(4,5)6)16-20-10-8-12-23(17-20)36-19-21-13-14-24-25(18-21)38-30(31,32)37-24/h8,10,12-14,17-18,22H,9,11,15-16,19H2,1-7H3. The van der Waals surface area contributed by atoms with Gasteiger partial charge >= 0.3 is 18.4 Å². The summed E-state index contributed by atoms with van der Waals surface area (Å²) in [5.41, 5.74) is 0.280. The van der Waals surface area contributed by atoms with E-state index in [-0.39, 0.29) is 24.1 Å². The third kappa shape index (κ3) is 9.88. The molecule has 10 heteroatoms. The van der Waals surface area contributed by atoms with Gasteiger partial charge in [0.15, 0.2) is 11.5 Å². The molecule has 0 aliphatic carbocycles. The third-order valence-corrected chi connectivity index (χ3v) is 5.74. The van der Waals surface area contributed by atoms with Crippen molar-refractivity contribution in [2.45, 2.75) is 84.9 Å². The van der Waals surface area contributed by atoms with Gasteiger partial charge in [0, 0.05) is 13.6 Å². The van der Waals surface area contributed by atoms with Gasteiger partial charge in [-0.15, -0.1) is 8.78 Å². The maximum absolute atomic E-state index is 13.3. The Hall–Kier alpha value is -3.56. The van der Waals surface area contributed by atoms with E-state index in [0.29, 0.717) is 37.1 Å². The Morgan fingerprint density at radius 2 is 1.60 bits per heavy atom. The number of benzene rings is 2. The van der Waals surface area contributed by atoms with Crippen LogP contribution in [0.5, 0.6) is 17.2 Å². The van der Waals surface area contributed by atoms with Crippen LogP contribution in [0.3, 0.4) is 0 Å². The molecule has 3 rings (SSSR count). The first kappa shape index (κ1) is 31.0. The molecular weight excluding hydrogens is 524 g/mol. The molecule has 0 aromatic heterocycles. The summed E-state index contributed by atoms with van der Waals surface area (Å²) in [6.07, 6.45) is -2.58. The summed E-state index contributed by atoms with van der Waals surface area (Å²) in [4.78, 5) is 26.8. The lowest BCUT2D eigenvalue weighted by molar-refractivity contribution is -0.286. The van der Waals surface area contributed by atoms with E-state index in [2.05, 4.69) is 9.47 Å². The Labute approximate surface area is 234 Å². The number of nitrogens with zero attached hydrogens (tertiary/aromatic N) is 1. The van der Waals surface area contributed by atoms with Crippen LogP contribution in [-0.2, 0) is 27.3 Å². The van der Waals surface area contributed by atoms with Crippen molar-refractivity contribution in [1.29, 1.82) is 0 Å². The van der Waals surface area contributed by atoms with Gasteiger partial charge in [-0.1, -0.05) is 18.2 Å². The fraction of sp³-hybridized carbons (Fsp3) is 0.533. The zero-order chi connectivity index (χ0) is 29.7. The average molecular weight is 564 g/mol. The maximum Gasteiger partial charge on any atom is 0.586 e. The Balaban J connectivity index is 1.62. The van der Waals surface area contributed by atoms with E-state index in [0.717, 1.165) is 5.56 Å². The van der Waals surface area contributed by atoms with E-state index in [1.54, 1.807) is 19.2 Å². The van der Waals surface area contributed by atoms with Gasteiger partial charge < -0.3 is 28.6 Å². The predicted octanol–water partition coefficient (Wildman–Crippen LogP) is 6.73. The third-order valence-electron chi connectivity index (χ3n) is 5.74. The minimum Gasteiger partial charge on any atom is -0.489 e. The number of fused-ring (bicyclic) bond motifs is 1.